The molecule has 226 valence electrons. The van der Waals surface area contributed by atoms with Crippen molar-refractivity contribution in [3.8, 4) is 11.4 Å². The number of fused-ring (bicyclic) bond motifs is 1. The smallest absolute Gasteiger partial charge is 0.397 e. The topological polar surface area (TPSA) is 152 Å². The number of halogens is 6. The first-order chi connectivity index (χ1) is 19.9. The Morgan fingerprint density at radius 1 is 1.17 bits per heavy atom. The number of hydrogen-bond donors (Lipinski definition) is 4. The minimum atomic E-state index is -4.74. The fraction of sp³-hybridized carbons (Fsp3) is 0.346. The number of pyridine rings is 1. The normalized spacial score (nSPS) is 11.5. The maximum atomic E-state index is 14.8. The summed E-state index contributed by atoms with van der Waals surface area (Å²) in [6.45, 7) is 2.36. The van der Waals surface area contributed by atoms with Gasteiger partial charge in [-0.2, -0.15) is 18.3 Å². The largest absolute Gasteiger partial charge is 0.423 e. The van der Waals surface area contributed by atoms with E-state index in [1.807, 2.05) is 0 Å². The maximum absolute atomic E-state index is 14.8. The highest BCUT2D eigenvalue weighted by Gasteiger charge is 2.36. The van der Waals surface area contributed by atoms with E-state index < -0.39 is 40.8 Å². The summed E-state index contributed by atoms with van der Waals surface area (Å²) in [4.78, 5) is 31.1. The van der Waals surface area contributed by atoms with Crippen molar-refractivity contribution in [2.24, 2.45) is 0 Å². The minimum absolute atomic E-state index is 0.00139. The SMILES string of the molecule is CCCCCn1ccc2cc(-c3ncc(C(F)F)c(NCCO)n3)c(F)cc2c1=O.Nc1cn[nH]c(=O)c1C(F)(F)F. The number of nitrogens with two attached hydrogens (primary N) is 1. The molecule has 0 spiro atoms. The van der Waals surface area contributed by atoms with Crippen molar-refractivity contribution in [3.63, 3.8) is 0 Å². The number of aromatic amines is 1. The molecular formula is C26H27F6N7O3. The molecule has 0 aliphatic rings. The third-order valence-electron chi connectivity index (χ3n) is 5.93. The van der Waals surface area contributed by atoms with Gasteiger partial charge in [-0.05, 0) is 30.0 Å². The molecule has 16 heteroatoms. The molecule has 0 bridgehead atoms. The molecule has 0 radical (unpaired) electrons. The van der Waals surface area contributed by atoms with Crippen molar-refractivity contribution >= 4 is 22.3 Å². The Morgan fingerprint density at radius 2 is 1.90 bits per heavy atom. The average molecular weight is 600 g/mol. The summed E-state index contributed by atoms with van der Waals surface area (Å²) in [5, 5.41) is 17.0. The number of nitrogen functional groups attached to an aromatic ring is 1. The Labute approximate surface area is 234 Å². The molecule has 0 fully saturated rings. The zero-order valence-corrected chi connectivity index (χ0v) is 22.2. The summed E-state index contributed by atoms with van der Waals surface area (Å²) in [7, 11) is 0. The van der Waals surface area contributed by atoms with Crippen molar-refractivity contribution in [3.05, 3.63) is 74.4 Å². The lowest BCUT2D eigenvalue weighted by atomic mass is 10.1. The molecule has 3 heterocycles. The average Bonchev–Trinajstić information content (AvgIpc) is 2.92. The predicted molar refractivity (Wildman–Crippen MR) is 144 cm³/mol. The molecule has 4 aromatic rings. The Hall–Kier alpha value is -4.47. The van der Waals surface area contributed by atoms with Gasteiger partial charge >= 0.3 is 6.18 Å². The summed E-state index contributed by atoms with van der Waals surface area (Å²) in [5.74, 6) is -0.981. The molecule has 3 aromatic heterocycles. The van der Waals surface area contributed by atoms with Crippen LogP contribution in [0.4, 0.5) is 37.8 Å². The van der Waals surface area contributed by atoms with Gasteiger partial charge < -0.3 is 20.7 Å². The van der Waals surface area contributed by atoms with Crippen molar-refractivity contribution in [2.75, 3.05) is 24.2 Å². The van der Waals surface area contributed by atoms with Crippen molar-refractivity contribution in [2.45, 2.75) is 45.3 Å². The molecule has 4 rings (SSSR count). The van der Waals surface area contributed by atoms with E-state index in [0.717, 1.165) is 37.7 Å². The Morgan fingerprint density at radius 3 is 2.50 bits per heavy atom. The van der Waals surface area contributed by atoms with Gasteiger partial charge in [0.05, 0.1) is 35.0 Å². The third kappa shape index (κ3) is 7.63. The number of nitrogens with one attached hydrogen (secondary N) is 2. The number of aromatic nitrogens is 5. The number of anilines is 2. The maximum Gasteiger partial charge on any atom is 0.423 e. The fourth-order valence-corrected chi connectivity index (χ4v) is 3.89. The van der Waals surface area contributed by atoms with Gasteiger partial charge in [0, 0.05) is 25.5 Å². The number of H-pyrrole nitrogens is 1. The quantitative estimate of drug-likeness (QED) is 0.162. The van der Waals surface area contributed by atoms with Crippen molar-refractivity contribution in [1.82, 2.24) is 24.7 Å². The van der Waals surface area contributed by atoms with E-state index >= 15 is 0 Å². The van der Waals surface area contributed by atoms with Gasteiger partial charge in [0.2, 0.25) is 0 Å². The number of unbranched alkanes of at least 4 members (excludes halogenated alkanes) is 2. The van der Waals surface area contributed by atoms with Gasteiger partial charge in [-0.25, -0.2) is 28.2 Å². The van der Waals surface area contributed by atoms with Crippen LogP contribution in [0.15, 0.2) is 46.4 Å². The molecule has 5 N–H and O–H groups in total. The molecular weight excluding hydrogens is 572 g/mol. The summed E-state index contributed by atoms with van der Waals surface area (Å²) in [6, 6.07) is 4.29. The number of alkyl halides is 5. The predicted octanol–water partition coefficient (Wildman–Crippen LogP) is 4.50. The van der Waals surface area contributed by atoms with Gasteiger partial charge in [-0.15, -0.1) is 0 Å². The second-order valence-electron chi connectivity index (χ2n) is 8.92. The van der Waals surface area contributed by atoms with E-state index in [9.17, 15) is 35.9 Å². The summed E-state index contributed by atoms with van der Waals surface area (Å²) in [5.41, 5.74) is 0.767. The van der Waals surface area contributed by atoms with Crippen LogP contribution in [0, 0.1) is 5.82 Å². The third-order valence-corrected chi connectivity index (χ3v) is 5.93. The highest BCUT2D eigenvalue weighted by Crippen LogP contribution is 2.30. The van der Waals surface area contributed by atoms with Crippen LogP contribution in [0.1, 0.15) is 43.7 Å². The van der Waals surface area contributed by atoms with Crippen LogP contribution in [0.5, 0.6) is 0 Å². The molecule has 0 aliphatic heterocycles. The molecule has 0 saturated heterocycles. The zero-order valence-electron chi connectivity index (χ0n) is 22.2. The van der Waals surface area contributed by atoms with Crippen LogP contribution in [0.25, 0.3) is 22.2 Å². The van der Waals surface area contributed by atoms with Gasteiger partial charge in [-0.3, -0.25) is 9.59 Å². The van der Waals surface area contributed by atoms with Crippen LogP contribution in [0.2, 0.25) is 0 Å². The highest BCUT2D eigenvalue weighted by atomic mass is 19.4. The lowest BCUT2D eigenvalue weighted by molar-refractivity contribution is -0.138. The van der Waals surface area contributed by atoms with E-state index in [-0.39, 0.29) is 41.3 Å². The van der Waals surface area contributed by atoms with Crippen LogP contribution < -0.4 is 22.2 Å². The van der Waals surface area contributed by atoms with E-state index in [1.165, 1.54) is 6.07 Å². The minimum Gasteiger partial charge on any atom is -0.397 e. The summed E-state index contributed by atoms with van der Waals surface area (Å²) >= 11 is 0. The fourth-order valence-electron chi connectivity index (χ4n) is 3.89. The van der Waals surface area contributed by atoms with Gasteiger partial charge in [-0.1, -0.05) is 19.8 Å². The first-order valence-corrected chi connectivity index (χ1v) is 12.6. The number of aliphatic hydroxyl groups excluding tert-OH is 1. The number of aliphatic hydroxyl groups is 1. The lowest BCUT2D eigenvalue weighted by Gasteiger charge is -2.12. The Balaban J connectivity index is 0.000000337. The highest BCUT2D eigenvalue weighted by molar-refractivity contribution is 5.86. The number of rotatable bonds is 9. The summed E-state index contributed by atoms with van der Waals surface area (Å²) < 4.78 is 78.7. The second-order valence-corrected chi connectivity index (χ2v) is 8.92. The second kappa shape index (κ2) is 13.9. The van der Waals surface area contributed by atoms with Crippen LogP contribution in [-0.4, -0.2) is 43.0 Å². The van der Waals surface area contributed by atoms with Crippen LogP contribution in [0.3, 0.4) is 0 Å². The summed E-state index contributed by atoms with van der Waals surface area (Å²) in [6.07, 6.45) is -1.34. The molecule has 0 unspecified atom stereocenters. The zero-order chi connectivity index (χ0) is 31.0. The lowest BCUT2D eigenvalue weighted by Crippen LogP contribution is -2.24. The van der Waals surface area contributed by atoms with Gasteiger partial charge in [0.15, 0.2) is 5.82 Å². The van der Waals surface area contributed by atoms with E-state index in [1.54, 1.807) is 21.9 Å². The standard InChI is InChI=1S/C21H23F3N4O2.C5H4F3N3O/c1-2-3-4-7-28-8-5-13-10-15(17(22)11-14(13)21(28)30)19-26-12-16(18(23)24)20(27-19)25-6-9-29;6-5(7,8)3-2(9)1-10-11-4(3)12/h5,8,10-12,18,29H,2-4,6-7,9H2,1H3,(H,25,26,27);1H,(H3,9,11,12). The number of aryl methyl sites for hydroxylation is 1. The van der Waals surface area contributed by atoms with Crippen LogP contribution in [-0.2, 0) is 12.7 Å². The molecule has 0 atom stereocenters. The number of nitrogens with zero attached hydrogens (tertiary/aromatic N) is 4. The van der Waals surface area contributed by atoms with Crippen molar-refractivity contribution in [1.29, 1.82) is 0 Å². The first-order valence-electron chi connectivity index (χ1n) is 12.6. The Kier molecular flexibility index (Phi) is 10.6. The molecule has 0 saturated carbocycles. The van der Waals surface area contributed by atoms with Crippen LogP contribution >= 0.6 is 0 Å². The molecule has 42 heavy (non-hydrogen) atoms. The Bertz CT molecular complexity index is 1640. The number of benzene rings is 1. The van der Waals surface area contributed by atoms with E-state index in [2.05, 4.69) is 27.3 Å². The molecule has 0 amide bonds. The van der Waals surface area contributed by atoms with Gasteiger partial charge in [0.1, 0.15) is 17.2 Å². The van der Waals surface area contributed by atoms with E-state index in [0.29, 0.717) is 11.9 Å². The monoisotopic (exact) mass is 599 g/mol. The molecule has 10 nitrogen and oxygen atoms in total. The van der Waals surface area contributed by atoms with Gasteiger partial charge in [0.25, 0.3) is 17.5 Å². The van der Waals surface area contributed by atoms with Crippen molar-refractivity contribution < 1.29 is 31.4 Å². The number of hydrogen-bond acceptors (Lipinski definition) is 8. The molecule has 0 aliphatic carbocycles. The van der Waals surface area contributed by atoms with E-state index in [4.69, 9.17) is 10.8 Å². The first kappa shape index (κ1) is 32.0. The molecule has 1 aromatic carbocycles.